The molecule has 0 bridgehead atoms. The highest BCUT2D eigenvalue weighted by molar-refractivity contribution is 7.13. The Balaban J connectivity index is 1.50. The topological polar surface area (TPSA) is 84.4 Å². The summed E-state index contributed by atoms with van der Waals surface area (Å²) < 4.78 is 1.84. The predicted molar refractivity (Wildman–Crippen MR) is 131 cm³/mol. The number of aromatic nitrogens is 4. The Morgan fingerprint density at radius 3 is 2.69 bits per heavy atom. The van der Waals surface area contributed by atoms with Crippen LogP contribution in [0.15, 0.2) is 48.0 Å². The Bertz CT molecular complexity index is 1190. The first-order chi connectivity index (χ1) is 15.6. The minimum atomic E-state index is 0.266. The molecular formula is C24H29N7S. The van der Waals surface area contributed by atoms with Gasteiger partial charge in [-0.2, -0.15) is 19.6 Å². The first-order valence-electron chi connectivity index (χ1n) is 11.2. The maximum Gasteiger partial charge on any atom is 0.230 e. The van der Waals surface area contributed by atoms with Crippen LogP contribution in [-0.4, -0.2) is 38.7 Å². The quantitative estimate of drug-likeness (QED) is 0.452. The van der Waals surface area contributed by atoms with E-state index < -0.39 is 0 Å². The molecule has 166 valence electrons. The highest BCUT2D eigenvalue weighted by atomic mass is 32.1. The van der Waals surface area contributed by atoms with Gasteiger partial charge in [-0.25, -0.2) is 0 Å². The van der Waals surface area contributed by atoms with E-state index >= 15 is 0 Å². The van der Waals surface area contributed by atoms with E-state index in [-0.39, 0.29) is 6.04 Å². The van der Waals surface area contributed by atoms with E-state index in [9.17, 15) is 0 Å². The molecule has 1 aromatic carbocycles. The monoisotopic (exact) mass is 447 g/mol. The maximum atomic E-state index is 6.12. The van der Waals surface area contributed by atoms with Gasteiger partial charge < -0.3 is 16.0 Å². The molecule has 0 amide bonds. The fraction of sp³-hybridized carbons (Fsp3) is 0.375. The highest BCUT2D eigenvalue weighted by Gasteiger charge is 2.22. The number of piperidine rings is 1. The summed E-state index contributed by atoms with van der Waals surface area (Å²) in [5.74, 6) is 1.80. The summed E-state index contributed by atoms with van der Waals surface area (Å²) in [4.78, 5) is 13.3. The molecule has 0 unspecified atom stereocenters. The van der Waals surface area contributed by atoms with Crippen LogP contribution in [0, 0.1) is 0 Å². The van der Waals surface area contributed by atoms with Crippen molar-refractivity contribution in [3.05, 3.63) is 59.1 Å². The van der Waals surface area contributed by atoms with Gasteiger partial charge in [0.25, 0.3) is 0 Å². The van der Waals surface area contributed by atoms with Crippen LogP contribution >= 0.6 is 11.3 Å². The lowest BCUT2D eigenvalue weighted by molar-refractivity contribution is 0.495. The molecule has 4 heterocycles. The minimum absolute atomic E-state index is 0.266. The second-order valence-corrected chi connectivity index (χ2v) is 9.60. The standard InChI is InChI=1S/C24H29N7S/c1-16(2)20-15-27-31-22(20)28-24(30-11-9-18(25)10-12-30)29-23(31)26-14-17-6-3-4-7-19(17)21-8-5-13-32-21/h3-8,13,15-16,18H,9-12,14,25H2,1-2H3,(H,26,28,29). The molecule has 3 aromatic heterocycles. The van der Waals surface area contributed by atoms with Crippen LogP contribution in [0.1, 0.15) is 43.7 Å². The third-order valence-electron chi connectivity index (χ3n) is 6.07. The molecule has 7 nitrogen and oxygen atoms in total. The number of anilines is 2. The Morgan fingerprint density at radius 1 is 1.12 bits per heavy atom. The Labute approximate surface area is 192 Å². The van der Waals surface area contributed by atoms with E-state index in [0.717, 1.165) is 43.1 Å². The van der Waals surface area contributed by atoms with Gasteiger partial charge in [-0.05, 0) is 41.3 Å². The van der Waals surface area contributed by atoms with Crippen molar-refractivity contribution in [2.24, 2.45) is 5.73 Å². The number of nitrogens with zero attached hydrogens (tertiary/aromatic N) is 5. The number of thiophene rings is 1. The van der Waals surface area contributed by atoms with E-state index in [2.05, 4.69) is 70.9 Å². The smallest absolute Gasteiger partial charge is 0.230 e. The first kappa shape index (κ1) is 20.9. The molecule has 3 N–H and O–H groups in total. The summed E-state index contributed by atoms with van der Waals surface area (Å²) in [7, 11) is 0. The van der Waals surface area contributed by atoms with Gasteiger partial charge in [-0.3, -0.25) is 0 Å². The van der Waals surface area contributed by atoms with Crippen LogP contribution in [0.4, 0.5) is 11.9 Å². The van der Waals surface area contributed by atoms with Gasteiger partial charge in [0, 0.05) is 36.1 Å². The van der Waals surface area contributed by atoms with Crippen LogP contribution in [0.5, 0.6) is 0 Å². The number of nitrogens with one attached hydrogen (secondary N) is 1. The number of nitrogens with two attached hydrogens (primary N) is 1. The van der Waals surface area contributed by atoms with E-state index in [1.807, 2.05) is 10.7 Å². The summed E-state index contributed by atoms with van der Waals surface area (Å²) in [6, 6.07) is 13.0. The molecule has 0 aliphatic carbocycles. The minimum Gasteiger partial charge on any atom is -0.350 e. The maximum absolute atomic E-state index is 6.12. The van der Waals surface area contributed by atoms with Crippen LogP contribution in [0.25, 0.3) is 16.1 Å². The van der Waals surface area contributed by atoms with Crippen molar-refractivity contribution in [2.75, 3.05) is 23.3 Å². The fourth-order valence-electron chi connectivity index (χ4n) is 4.17. The molecule has 0 spiro atoms. The van der Waals surface area contributed by atoms with Crippen molar-refractivity contribution in [1.29, 1.82) is 0 Å². The average Bonchev–Trinajstić information content (AvgIpc) is 3.48. The van der Waals surface area contributed by atoms with E-state index in [4.69, 9.17) is 15.7 Å². The summed E-state index contributed by atoms with van der Waals surface area (Å²) >= 11 is 1.75. The van der Waals surface area contributed by atoms with Gasteiger partial charge in [0.1, 0.15) is 0 Å². The molecule has 5 rings (SSSR count). The van der Waals surface area contributed by atoms with E-state index in [1.165, 1.54) is 16.0 Å². The van der Waals surface area contributed by atoms with Crippen molar-refractivity contribution >= 4 is 28.9 Å². The van der Waals surface area contributed by atoms with Crippen LogP contribution < -0.4 is 16.0 Å². The molecule has 1 aliphatic rings. The number of hydrogen-bond acceptors (Lipinski definition) is 7. The van der Waals surface area contributed by atoms with Crippen molar-refractivity contribution in [3.63, 3.8) is 0 Å². The molecule has 0 saturated carbocycles. The second-order valence-electron chi connectivity index (χ2n) is 8.65. The van der Waals surface area contributed by atoms with Gasteiger partial charge in [-0.1, -0.05) is 44.2 Å². The van der Waals surface area contributed by atoms with Crippen molar-refractivity contribution in [2.45, 2.75) is 45.2 Å². The summed E-state index contributed by atoms with van der Waals surface area (Å²) in [5, 5.41) is 10.3. The van der Waals surface area contributed by atoms with Gasteiger partial charge in [0.15, 0.2) is 5.65 Å². The number of fused-ring (bicyclic) bond motifs is 1. The van der Waals surface area contributed by atoms with Gasteiger partial charge in [0.2, 0.25) is 11.9 Å². The normalized spacial score (nSPS) is 15.1. The Kier molecular flexibility index (Phi) is 5.80. The summed E-state index contributed by atoms with van der Waals surface area (Å²) in [5.41, 5.74) is 10.6. The largest absolute Gasteiger partial charge is 0.350 e. The SMILES string of the molecule is CC(C)c1cnn2c(NCc3ccccc3-c3cccs3)nc(N3CCC(N)CC3)nc12. The number of rotatable bonds is 6. The van der Waals surface area contributed by atoms with Crippen molar-refractivity contribution in [1.82, 2.24) is 19.6 Å². The molecule has 1 fully saturated rings. The third-order valence-corrected chi connectivity index (χ3v) is 6.97. The molecule has 8 heteroatoms. The zero-order chi connectivity index (χ0) is 22.1. The molecule has 32 heavy (non-hydrogen) atoms. The zero-order valence-corrected chi connectivity index (χ0v) is 19.3. The van der Waals surface area contributed by atoms with Crippen LogP contribution in [0.3, 0.4) is 0 Å². The second kappa shape index (κ2) is 8.88. The highest BCUT2D eigenvalue weighted by Crippen LogP contribution is 2.29. The fourth-order valence-corrected chi connectivity index (χ4v) is 4.95. The number of benzene rings is 1. The van der Waals surface area contributed by atoms with Gasteiger partial charge >= 0.3 is 0 Å². The average molecular weight is 448 g/mol. The Hall–Kier alpha value is -2.97. The lowest BCUT2D eigenvalue weighted by atomic mass is 10.1. The van der Waals surface area contributed by atoms with Crippen molar-refractivity contribution < 1.29 is 0 Å². The predicted octanol–water partition coefficient (Wildman–Crippen LogP) is 4.52. The molecular weight excluding hydrogens is 418 g/mol. The lowest BCUT2D eigenvalue weighted by Gasteiger charge is -2.30. The van der Waals surface area contributed by atoms with Gasteiger partial charge in [-0.15, -0.1) is 11.3 Å². The number of hydrogen-bond donors (Lipinski definition) is 2. The van der Waals surface area contributed by atoms with E-state index in [1.54, 1.807) is 11.3 Å². The molecule has 4 aromatic rings. The van der Waals surface area contributed by atoms with Crippen LogP contribution in [-0.2, 0) is 6.54 Å². The Morgan fingerprint density at radius 2 is 1.94 bits per heavy atom. The van der Waals surface area contributed by atoms with Gasteiger partial charge in [0.05, 0.1) is 6.20 Å². The summed E-state index contributed by atoms with van der Waals surface area (Å²) in [6.45, 7) is 6.75. The molecule has 1 aliphatic heterocycles. The molecule has 1 saturated heterocycles. The third kappa shape index (κ3) is 4.08. The van der Waals surface area contributed by atoms with Crippen LogP contribution in [0.2, 0.25) is 0 Å². The van der Waals surface area contributed by atoms with E-state index in [0.29, 0.717) is 18.4 Å². The van der Waals surface area contributed by atoms with Crippen molar-refractivity contribution in [3.8, 4) is 10.4 Å². The first-order valence-corrected chi connectivity index (χ1v) is 12.1. The summed E-state index contributed by atoms with van der Waals surface area (Å²) in [6.07, 6.45) is 3.83. The molecule has 0 radical (unpaired) electrons. The zero-order valence-electron chi connectivity index (χ0n) is 18.5. The molecule has 0 atom stereocenters. The lowest BCUT2D eigenvalue weighted by Crippen LogP contribution is -2.40.